The molecule has 0 saturated heterocycles. The summed E-state index contributed by atoms with van der Waals surface area (Å²) in [5.41, 5.74) is 0.242. The van der Waals surface area contributed by atoms with E-state index < -0.39 is 24.8 Å². The van der Waals surface area contributed by atoms with Gasteiger partial charge in [0, 0.05) is 23.3 Å². The van der Waals surface area contributed by atoms with Crippen molar-refractivity contribution in [3.8, 4) is 5.75 Å². The van der Waals surface area contributed by atoms with Crippen LogP contribution in [0.2, 0.25) is 5.02 Å². The third-order valence-electron chi connectivity index (χ3n) is 2.73. The second kappa shape index (κ2) is 8.99. The maximum Gasteiger partial charge on any atom is 0.341 e. The maximum atomic E-state index is 10.8. The van der Waals surface area contributed by atoms with Crippen molar-refractivity contribution in [1.29, 1.82) is 0 Å². The van der Waals surface area contributed by atoms with Crippen LogP contribution in [0.3, 0.4) is 0 Å². The highest BCUT2D eigenvalue weighted by Gasteiger charge is 2.22. The Morgan fingerprint density at radius 1 is 1.36 bits per heavy atom. The topological polar surface area (TPSA) is 104 Å². The molecular formula is C14H17ClO6S. The van der Waals surface area contributed by atoms with Gasteiger partial charge in [-0.3, -0.25) is 4.79 Å². The fourth-order valence-corrected chi connectivity index (χ4v) is 2.51. The molecule has 22 heavy (non-hydrogen) atoms. The van der Waals surface area contributed by atoms with Crippen LogP contribution in [0.25, 0.3) is 0 Å². The fraction of sp³-hybridized carbons (Fsp3) is 0.429. The van der Waals surface area contributed by atoms with E-state index in [0.29, 0.717) is 10.8 Å². The summed E-state index contributed by atoms with van der Waals surface area (Å²) in [6.07, 6.45) is -2.18. The summed E-state index contributed by atoms with van der Waals surface area (Å²) in [4.78, 5) is 21.4. The lowest BCUT2D eigenvalue weighted by Gasteiger charge is -2.20. The van der Waals surface area contributed by atoms with E-state index >= 15 is 0 Å². The lowest BCUT2D eigenvalue weighted by atomic mass is 10.0. The molecule has 8 heteroatoms. The number of aliphatic carboxylic acids is 1. The van der Waals surface area contributed by atoms with E-state index in [1.807, 2.05) is 0 Å². The first kappa shape index (κ1) is 18.8. The number of aliphatic hydroxyl groups excluding tert-OH is 2. The van der Waals surface area contributed by atoms with Crippen LogP contribution in [0.4, 0.5) is 0 Å². The Hall–Kier alpha value is -1.28. The number of thioether (sulfide) groups is 1. The van der Waals surface area contributed by atoms with Gasteiger partial charge in [-0.25, -0.2) is 4.79 Å². The molecule has 1 aromatic rings. The molecule has 0 aliphatic carbocycles. The molecule has 0 saturated carbocycles. The van der Waals surface area contributed by atoms with Gasteiger partial charge in [0.15, 0.2) is 11.7 Å². The largest absolute Gasteiger partial charge is 0.481 e. The molecule has 1 rings (SSSR count). The molecule has 0 aliphatic heterocycles. The minimum absolute atomic E-state index is 0.0707. The summed E-state index contributed by atoms with van der Waals surface area (Å²) in [5, 5.41) is 29.0. The first-order valence-corrected chi connectivity index (χ1v) is 7.81. The number of aliphatic hydroxyl groups is 2. The van der Waals surface area contributed by atoms with E-state index in [4.69, 9.17) is 21.4 Å². The number of hydrogen-bond acceptors (Lipinski definition) is 6. The van der Waals surface area contributed by atoms with Crippen LogP contribution in [-0.4, -0.2) is 44.9 Å². The van der Waals surface area contributed by atoms with E-state index in [1.165, 1.54) is 25.1 Å². The van der Waals surface area contributed by atoms with Gasteiger partial charge in [-0.1, -0.05) is 29.4 Å². The molecule has 6 nitrogen and oxygen atoms in total. The predicted molar refractivity (Wildman–Crippen MR) is 83.3 cm³/mol. The van der Waals surface area contributed by atoms with Crippen molar-refractivity contribution in [2.24, 2.45) is 0 Å². The second-order valence-electron chi connectivity index (χ2n) is 4.51. The number of carbonyl (C=O) groups excluding carboxylic acids is 1. The highest BCUT2D eigenvalue weighted by Crippen LogP contribution is 2.31. The summed E-state index contributed by atoms with van der Waals surface area (Å²) in [7, 11) is 0. The molecule has 0 spiro atoms. The number of benzene rings is 1. The second-order valence-corrected chi connectivity index (χ2v) is 6.21. The molecule has 2 unspecified atom stereocenters. The molecule has 0 radical (unpaired) electrons. The van der Waals surface area contributed by atoms with Crippen molar-refractivity contribution in [2.75, 3.05) is 12.4 Å². The van der Waals surface area contributed by atoms with E-state index in [1.54, 1.807) is 0 Å². The standard InChI is InChI=1S/C14H17ClO6S/c1-8(16)22-5-4-11(17)14(20)10-3-2-9(15)6-12(10)21-7-13(18)19/h2-3,6,11,14,17,20H,4-5,7H2,1H3,(H,18,19). The number of carbonyl (C=O) groups is 2. The average molecular weight is 349 g/mol. The van der Waals surface area contributed by atoms with Crippen LogP contribution in [-0.2, 0) is 9.59 Å². The predicted octanol–water partition coefficient (Wildman–Crippen LogP) is 1.87. The summed E-state index contributed by atoms with van der Waals surface area (Å²) in [6, 6.07) is 4.34. The molecule has 0 bridgehead atoms. The van der Waals surface area contributed by atoms with Crippen molar-refractivity contribution in [2.45, 2.75) is 25.6 Å². The van der Waals surface area contributed by atoms with E-state index in [0.717, 1.165) is 11.8 Å². The summed E-state index contributed by atoms with van der Waals surface area (Å²) in [5.74, 6) is -0.702. The van der Waals surface area contributed by atoms with Gasteiger partial charge >= 0.3 is 5.97 Å². The third-order valence-corrected chi connectivity index (χ3v) is 3.81. The molecule has 0 aromatic heterocycles. The van der Waals surface area contributed by atoms with Crippen molar-refractivity contribution < 1.29 is 29.6 Å². The monoisotopic (exact) mass is 348 g/mol. The zero-order chi connectivity index (χ0) is 16.7. The Kier molecular flexibility index (Phi) is 7.67. The highest BCUT2D eigenvalue weighted by atomic mass is 35.5. The third kappa shape index (κ3) is 6.23. The normalized spacial score (nSPS) is 13.5. The van der Waals surface area contributed by atoms with Crippen LogP contribution in [0.5, 0.6) is 5.75 Å². The van der Waals surface area contributed by atoms with Crippen LogP contribution < -0.4 is 4.74 Å². The van der Waals surface area contributed by atoms with Crippen LogP contribution >= 0.6 is 23.4 Å². The number of halogens is 1. The molecule has 1 aromatic carbocycles. The summed E-state index contributed by atoms with van der Waals surface area (Å²) >= 11 is 6.88. The average Bonchev–Trinajstić information content (AvgIpc) is 2.44. The molecule has 0 heterocycles. The maximum absolute atomic E-state index is 10.8. The molecule has 0 fully saturated rings. The quantitative estimate of drug-likeness (QED) is 0.658. The molecule has 0 amide bonds. The molecule has 3 N–H and O–H groups in total. The molecule has 2 atom stereocenters. The van der Waals surface area contributed by atoms with Gasteiger partial charge in [-0.05, 0) is 18.6 Å². The SMILES string of the molecule is CC(=O)SCCC(O)C(O)c1ccc(Cl)cc1OCC(=O)O. The number of hydrogen-bond donors (Lipinski definition) is 3. The van der Waals surface area contributed by atoms with Gasteiger partial charge in [0.1, 0.15) is 11.9 Å². The van der Waals surface area contributed by atoms with Gasteiger partial charge < -0.3 is 20.1 Å². The number of carboxylic acids is 1. The van der Waals surface area contributed by atoms with Crippen molar-refractivity contribution in [3.63, 3.8) is 0 Å². The van der Waals surface area contributed by atoms with E-state index in [-0.39, 0.29) is 22.8 Å². The van der Waals surface area contributed by atoms with Gasteiger partial charge in [0.2, 0.25) is 0 Å². The van der Waals surface area contributed by atoms with E-state index in [2.05, 4.69) is 0 Å². The summed E-state index contributed by atoms with van der Waals surface area (Å²) < 4.78 is 5.08. The Morgan fingerprint density at radius 2 is 2.05 bits per heavy atom. The van der Waals surface area contributed by atoms with Crippen LogP contribution in [0.15, 0.2) is 18.2 Å². The first-order chi connectivity index (χ1) is 10.3. The molecule has 122 valence electrons. The number of rotatable bonds is 8. The zero-order valence-corrected chi connectivity index (χ0v) is 13.4. The Morgan fingerprint density at radius 3 is 2.64 bits per heavy atom. The minimum Gasteiger partial charge on any atom is -0.481 e. The van der Waals surface area contributed by atoms with Crippen molar-refractivity contribution >= 4 is 34.4 Å². The van der Waals surface area contributed by atoms with Gasteiger partial charge in [-0.2, -0.15) is 0 Å². The van der Waals surface area contributed by atoms with Gasteiger partial charge in [0.05, 0.1) is 6.10 Å². The Balaban J connectivity index is 2.79. The lowest BCUT2D eigenvalue weighted by molar-refractivity contribution is -0.139. The first-order valence-electron chi connectivity index (χ1n) is 6.44. The van der Waals surface area contributed by atoms with Crippen LogP contribution in [0, 0.1) is 0 Å². The van der Waals surface area contributed by atoms with E-state index in [9.17, 15) is 19.8 Å². The van der Waals surface area contributed by atoms with Crippen molar-refractivity contribution in [3.05, 3.63) is 28.8 Å². The zero-order valence-electron chi connectivity index (χ0n) is 11.9. The number of carboxylic acid groups (broad SMARTS) is 1. The van der Waals surface area contributed by atoms with Crippen LogP contribution in [0.1, 0.15) is 25.0 Å². The van der Waals surface area contributed by atoms with Gasteiger partial charge in [-0.15, -0.1) is 0 Å². The number of ether oxygens (including phenoxy) is 1. The van der Waals surface area contributed by atoms with Crippen molar-refractivity contribution in [1.82, 2.24) is 0 Å². The van der Waals surface area contributed by atoms with Gasteiger partial charge in [0.25, 0.3) is 0 Å². The minimum atomic E-state index is -1.27. The fourth-order valence-electron chi connectivity index (χ4n) is 1.71. The highest BCUT2D eigenvalue weighted by molar-refractivity contribution is 8.13. The molecule has 0 aliphatic rings. The Bertz CT molecular complexity index is 536. The molecular weight excluding hydrogens is 332 g/mol. The lowest BCUT2D eigenvalue weighted by Crippen LogP contribution is -2.20. The Labute approximate surface area is 137 Å². The smallest absolute Gasteiger partial charge is 0.341 e. The summed E-state index contributed by atoms with van der Waals surface area (Å²) in [6.45, 7) is 0.834.